The first kappa shape index (κ1) is 19.4. The Morgan fingerprint density at radius 1 is 1.11 bits per heavy atom. The molecule has 1 amide bonds. The predicted octanol–water partition coefficient (Wildman–Crippen LogP) is 1.78. The van der Waals surface area contributed by atoms with Gasteiger partial charge in [0.05, 0.1) is 23.9 Å². The van der Waals surface area contributed by atoms with Gasteiger partial charge < -0.3 is 9.64 Å². The fraction of sp³-hybridized carbons (Fsp3) is 0.368. The fourth-order valence-corrected chi connectivity index (χ4v) is 5.61. The molecular formula is C19H21N3O4S2. The van der Waals surface area contributed by atoms with Gasteiger partial charge in [0.25, 0.3) is 0 Å². The molecule has 0 bridgehead atoms. The molecule has 4 rings (SSSR count). The summed E-state index contributed by atoms with van der Waals surface area (Å²) in [5, 5.41) is 0. The van der Waals surface area contributed by atoms with Crippen LogP contribution in [0.4, 0.5) is 5.69 Å². The van der Waals surface area contributed by atoms with E-state index in [0.717, 1.165) is 16.1 Å². The number of thioether (sulfide) groups is 1. The Kier molecular flexibility index (Phi) is 5.68. The van der Waals surface area contributed by atoms with Gasteiger partial charge in [0, 0.05) is 42.6 Å². The van der Waals surface area contributed by atoms with Crippen molar-refractivity contribution in [2.75, 3.05) is 43.5 Å². The number of hydrogen-bond acceptors (Lipinski definition) is 6. The molecule has 0 aliphatic carbocycles. The van der Waals surface area contributed by atoms with Crippen LogP contribution >= 0.6 is 11.8 Å². The molecule has 1 saturated heterocycles. The minimum Gasteiger partial charge on any atom is -0.379 e. The highest BCUT2D eigenvalue weighted by molar-refractivity contribution is 8.00. The number of morpholine rings is 1. The lowest BCUT2D eigenvalue weighted by molar-refractivity contribution is -0.116. The molecule has 1 aromatic carbocycles. The molecule has 0 atom stereocenters. The molecular weight excluding hydrogens is 398 g/mol. The molecule has 3 heterocycles. The van der Waals surface area contributed by atoms with E-state index in [-0.39, 0.29) is 10.8 Å². The molecule has 28 heavy (non-hydrogen) atoms. The lowest BCUT2D eigenvalue weighted by Gasteiger charge is -2.26. The number of sulfonamides is 1. The van der Waals surface area contributed by atoms with E-state index in [2.05, 4.69) is 4.98 Å². The van der Waals surface area contributed by atoms with E-state index in [1.54, 1.807) is 35.5 Å². The van der Waals surface area contributed by atoms with Crippen LogP contribution in [-0.4, -0.2) is 62.2 Å². The van der Waals surface area contributed by atoms with Gasteiger partial charge in [-0.3, -0.25) is 9.78 Å². The normalized spacial score (nSPS) is 17.5. The van der Waals surface area contributed by atoms with Crippen molar-refractivity contribution in [3.8, 4) is 0 Å². The zero-order valence-corrected chi connectivity index (χ0v) is 16.9. The first-order valence-electron chi connectivity index (χ1n) is 9.10. The van der Waals surface area contributed by atoms with Crippen molar-refractivity contribution in [2.45, 2.75) is 16.2 Å². The van der Waals surface area contributed by atoms with Crippen molar-refractivity contribution in [2.24, 2.45) is 0 Å². The van der Waals surface area contributed by atoms with Gasteiger partial charge in [-0.1, -0.05) is 0 Å². The predicted molar refractivity (Wildman–Crippen MR) is 107 cm³/mol. The average Bonchev–Trinajstić information content (AvgIpc) is 3.17. The van der Waals surface area contributed by atoms with Gasteiger partial charge in [-0.15, -0.1) is 11.8 Å². The Morgan fingerprint density at radius 3 is 2.61 bits per heavy atom. The Hall–Kier alpha value is -1.94. The summed E-state index contributed by atoms with van der Waals surface area (Å²) in [5.41, 5.74) is 1.71. The van der Waals surface area contributed by atoms with E-state index >= 15 is 0 Å². The summed E-state index contributed by atoms with van der Waals surface area (Å²) >= 11 is 1.47. The Labute approximate surface area is 168 Å². The Balaban J connectivity index is 1.48. The maximum Gasteiger partial charge on any atom is 0.243 e. The van der Waals surface area contributed by atoms with Crippen LogP contribution in [0.25, 0.3) is 0 Å². The van der Waals surface area contributed by atoms with Crippen LogP contribution in [0.1, 0.15) is 5.56 Å². The molecule has 1 fully saturated rings. The van der Waals surface area contributed by atoms with Gasteiger partial charge in [-0.05, 0) is 42.3 Å². The van der Waals surface area contributed by atoms with E-state index in [4.69, 9.17) is 4.74 Å². The van der Waals surface area contributed by atoms with Crippen molar-refractivity contribution < 1.29 is 17.9 Å². The topological polar surface area (TPSA) is 79.8 Å². The lowest BCUT2D eigenvalue weighted by Crippen LogP contribution is -2.40. The van der Waals surface area contributed by atoms with E-state index < -0.39 is 10.0 Å². The first-order valence-corrected chi connectivity index (χ1v) is 11.5. The summed E-state index contributed by atoms with van der Waals surface area (Å²) in [6.07, 6.45) is 4.07. The maximum absolute atomic E-state index is 12.8. The summed E-state index contributed by atoms with van der Waals surface area (Å²) in [6, 6.07) is 8.82. The number of anilines is 1. The molecule has 9 heteroatoms. The molecule has 0 unspecified atom stereocenters. The third-order valence-electron chi connectivity index (χ3n) is 4.87. The SMILES string of the molecule is O=C(CSc1ccncc1)N1CCc2cc(S(=O)(=O)N3CCOCC3)ccc21. The summed E-state index contributed by atoms with van der Waals surface area (Å²) in [6.45, 7) is 2.15. The number of hydrogen-bond donors (Lipinski definition) is 0. The van der Waals surface area contributed by atoms with Gasteiger partial charge in [-0.25, -0.2) is 8.42 Å². The molecule has 0 N–H and O–H groups in total. The number of aromatic nitrogens is 1. The van der Waals surface area contributed by atoms with Crippen LogP contribution in [0.2, 0.25) is 0 Å². The van der Waals surface area contributed by atoms with Crippen LogP contribution in [0.3, 0.4) is 0 Å². The first-order chi connectivity index (χ1) is 13.6. The number of pyridine rings is 1. The Morgan fingerprint density at radius 2 is 1.86 bits per heavy atom. The number of carbonyl (C=O) groups is 1. The fourth-order valence-electron chi connectivity index (χ4n) is 3.39. The second-order valence-electron chi connectivity index (χ2n) is 6.57. The van der Waals surface area contributed by atoms with Gasteiger partial charge in [0.2, 0.25) is 15.9 Å². The summed E-state index contributed by atoms with van der Waals surface area (Å²) in [4.78, 5) is 19.7. The number of fused-ring (bicyclic) bond motifs is 1. The van der Waals surface area contributed by atoms with Gasteiger partial charge in [0.15, 0.2) is 0 Å². The molecule has 0 radical (unpaired) electrons. The van der Waals surface area contributed by atoms with Crippen molar-refractivity contribution in [3.63, 3.8) is 0 Å². The Bertz CT molecular complexity index is 960. The summed E-state index contributed by atoms with van der Waals surface area (Å²) < 4.78 is 32.4. The summed E-state index contributed by atoms with van der Waals surface area (Å²) in [5.74, 6) is 0.349. The average molecular weight is 420 g/mol. The second-order valence-corrected chi connectivity index (χ2v) is 9.56. The van der Waals surface area contributed by atoms with Crippen LogP contribution in [0.5, 0.6) is 0 Å². The van der Waals surface area contributed by atoms with E-state index in [1.165, 1.54) is 16.1 Å². The van der Waals surface area contributed by atoms with Crippen LogP contribution in [-0.2, 0) is 26.0 Å². The van der Waals surface area contributed by atoms with Crippen LogP contribution < -0.4 is 4.90 Å². The van der Waals surface area contributed by atoms with Gasteiger partial charge in [0.1, 0.15) is 0 Å². The number of ether oxygens (including phenoxy) is 1. The van der Waals surface area contributed by atoms with Crippen molar-refractivity contribution in [3.05, 3.63) is 48.3 Å². The van der Waals surface area contributed by atoms with Crippen molar-refractivity contribution >= 4 is 33.4 Å². The number of carbonyl (C=O) groups excluding carboxylic acids is 1. The monoisotopic (exact) mass is 419 g/mol. The molecule has 2 aliphatic heterocycles. The number of rotatable bonds is 5. The highest BCUT2D eigenvalue weighted by atomic mass is 32.2. The summed E-state index contributed by atoms with van der Waals surface area (Å²) in [7, 11) is -3.53. The molecule has 0 spiro atoms. The van der Waals surface area contributed by atoms with Crippen LogP contribution in [0, 0.1) is 0 Å². The van der Waals surface area contributed by atoms with Gasteiger partial charge >= 0.3 is 0 Å². The van der Waals surface area contributed by atoms with E-state index in [0.29, 0.717) is 45.0 Å². The minimum atomic E-state index is -3.53. The number of amides is 1. The number of benzene rings is 1. The molecule has 148 valence electrons. The molecule has 1 aromatic heterocycles. The second kappa shape index (κ2) is 8.20. The van der Waals surface area contributed by atoms with E-state index in [1.807, 2.05) is 12.1 Å². The smallest absolute Gasteiger partial charge is 0.243 e. The van der Waals surface area contributed by atoms with Crippen molar-refractivity contribution in [1.82, 2.24) is 9.29 Å². The van der Waals surface area contributed by atoms with Gasteiger partial charge in [-0.2, -0.15) is 4.31 Å². The maximum atomic E-state index is 12.8. The third kappa shape index (κ3) is 3.93. The minimum absolute atomic E-state index is 0.0179. The zero-order chi connectivity index (χ0) is 19.6. The van der Waals surface area contributed by atoms with Crippen LogP contribution in [0.15, 0.2) is 52.5 Å². The third-order valence-corrected chi connectivity index (χ3v) is 7.76. The molecule has 2 aromatic rings. The standard InChI is InChI=1S/C19H21N3O4S2/c23-19(14-27-16-3-6-20-7-4-16)22-8-5-15-13-17(1-2-18(15)22)28(24,25)21-9-11-26-12-10-21/h1-4,6-7,13H,5,8-12,14H2. The highest BCUT2D eigenvalue weighted by Gasteiger charge is 2.30. The number of nitrogens with zero attached hydrogens (tertiary/aromatic N) is 3. The highest BCUT2D eigenvalue weighted by Crippen LogP contribution is 2.32. The molecule has 7 nitrogen and oxygen atoms in total. The van der Waals surface area contributed by atoms with E-state index in [9.17, 15) is 13.2 Å². The molecule has 0 saturated carbocycles. The molecule has 2 aliphatic rings. The quantitative estimate of drug-likeness (QED) is 0.688. The zero-order valence-electron chi connectivity index (χ0n) is 15.3. The van der Waals surface area contributed by atoms with Crippen molar-refractivity contribution in [1.29, 1.82) is 0 Å². The largest absolute Gasteiger partial charge is 0.379 e. The lowest BCUT2D eigenvalue weighted by atomic mass is 10.2.